The first kappa shape index (κ1) is 23.8. The van der Waals surface area contributed by atoms with Crippen LogP contribution in [0.15, 0.2) is 59.8 Å². The Bertz CT molecular complexity index is 1260. The molecule has 1 aliphatic heterocycles. The van der Waals surface area contributed by atoms with Crippen LogP contribution >= 0.6 is 12.2 Å². The minimum absolute atomic E-state index is 0.363. The summed E-state index contributed by atoms with van der Waals surface area (Å²) < 4.78 is 32.1. The van der Waals surface area contributed by atoms with Crippen molar-refractivity contribution in [3.8, 4) is 5.69 Å². The number of nitrogens with zero attached hydrogens (tertiary/aromatic N) is 5. The second-order valence-corrected chi connectivity index (χ2v) is 10.9. The number of aromatic nitrogens is 3. The van der Waals surface area contributed by atoms with Gasteiger partial charge in [-0.3, -0.25) is 9.47 Å². The molecule has 3 aromatic rings. The lowest BCUT2D eigenvalue weighted by Gasteiger charge is -2.33. The second kappa shape index (κ2) is 9.89. The Balaban J connectivity index is 1.40. The maximum Gasteiger partial charge on any atom is 0.243 e. The van der Waals surface area contributed by atoms with Crippen molar-refractivity contribution in [1.82, 2.24) is 23.6 Å². The third kappa shape index (κ3) is 4.96. The fraction of sp³-hybridized carbons (Fsp3) is 0.417. The largest absolute Gasteiger partial charge is 0.282 e. The molecule has 4 rings (SSSR count). The van der Waals surface area contributed by atoms with Crippen molar-refractivity contribution in [2.24, 2.45) is 0 Å². The molecule has 0 unspecified atom stereocenters. The fourth-order valence-electron chi connectivity index (χ4n) is 4.09. The molecule has 0 spiro atoms. The van der Waals surface area contributed by atoms with Gasteiger partial charge in [0.15, 0.2) is 0 Å². The fourth-order valence-corrected chi connectivity index (χ4v) is 5.76. The number of benzene rings is 2. The first-order valence-corrected chi connectivity index (χ1v) is 13.2. The summed E-state index contributed by atoms with van der Waals surface area (Å²) in [6.07, 6.45) is 2.77. The van der Waals surface area contributed by atoms with Crippen LogP contribution < -0.4 is 0 Å². The van der Waals surface area contributed by atoms with Crippen LogP contribution in [0.25, 0.3) is 5.69 Å². The van der Waals surface area contributed by atoms with Crippen molar-refractivity contribution in [2.45, 2.75) is 44.7 Å². The Morgan fingerprint density at radius 2 is 1.70 bits per heavy atom. The summed E-state index contributed by atoms with van der Waals surface area (Å²) in [5.41, 5.74) is 3.32. The highest BCUT2D eigenvalue weighted by atomic mass is 32.2. The molecule has 0 bridgehead atoms. The van der Waals surface area contributed by atoms with Crippen molar-refractivity contribution in [3.05, 3.63) is 70.8 Å². The van der Waals surface area contributed by atoms with Gasteiger partial charge in [-0.15, -0.1) is 0 Å². The highest BCUT2D eigenvalue weighted by Gasteiger charge is 2.28. The highest BCUT2D eigenvalue weighted by Crippen LogP contribution is 2.23. The number of aryl methyl sites for hydroxylation is 1. The van der Waals surface area contributed by atoms with Gasteiger partial charge in [0.1, 0.15) is 6.33 Å². The van der Waals surface area contributed by atoms with E-state index < -0.39 is 10.0 Å². The molecule has 1 aromatic heterocycles. The molecular weight excluding hydrogens is 454 g/mol. The third-order valence-corrected chi connectivity index (χ3v) is 8.79. The average Bonchev–Trinajstić information content (AvgIpc) is 3.19. The van der Waals surface area contributed by atoms with E-state index in [1.54, 1.807) is 27.4 Å². The molecule has 1 saturated heterocycles. The predicted molar refractivity (Wildman–Crippen MR) is 133 cm³/mol. The Hall–Kier alpha value is -2.33. The molecule has 33 heavy (non-hydrogen) atoms. The van der Waals surface area contributed by atoms with Crippen molar-refractivity contribution in [2.75, 3.05) is 26.2 Å². The number of hydrogen-bond acceptors (Lipinski definition) is 5. The number of piperazine rings is 1. The summed E-state index contributed by atoms with van der Waals surface area (Å²) in [4.78, 5) is 2.55. The van der Waals surface area contributed by atoms with Gasteiger partial charge in [0.2, 0.25) is 14.8 Å². The van der Waals surface area contributed by atoms with E-state index in [0.29, 0.717) is 48.4 Å². The Morgan fingerprint density at radius 3 is 2.33 bits per heavy atom. The first-order chi connectivity index (χ1) is 15.8. The first-order valence-electron chi connectivity index (χ1n) is 11.3. The van der Waals surface area contributed by atoms with Gasteiger partial charge in [-0.25, -0.2) is 13.1 Å². The zero-order valence-electron chi connectivity index (χ0n) is 19.4. The van der Waals surface area contributed by atoms with Gasteiger partial charge in [-0.1, -0.05) is 44.2 Å². The normalized spacial score (nSPS) is 16.7. The quantitative estimate of drug-likeness (QED) is 0.470. The van der Waals surface area contributed by atoms with Gasteiger partial charge in [-0.2, -0.15) is 9.40 Å². The molecular formula is C24H31N5O2S2. The lowest BCUT2D eigenvalue weighted by Crippen LogP contribution is -2.48. The van der Waals surface area contributed by atoms with E-state index in [1.807, 2.05) is 47.9 Å². The van der Waals surface area contributed by atoms with Gasteiger partial charge in [0, 0.05) is 26.2 Å². The SMILES string of the molecule is CC[C@@H](C)c1ccc(S(=O)(=O)N2CCN(Cn3ncn(-c4ccccc4C)c3=S)CC2)cc1. The topological polar surface area (TPSA) is 63.4 Å². The molecule has 0 aliphatic carbocycles. The summed E-state index contributed by atoms with van der Waals surface area (Å²) in [6.45, 7) is 9.02. The molecule has 0 radical (unpaired) electrons. The third-order valence-electron chi connectivity index (χ3n) is 6.47. The van der Waals surface area contributed by atoms with Crippen molar-refractivity contribution in [1.29, 1.82) is 0 Å². The molecule has 7 nitrogen and oxygen atoms in total. The lowest BCUT2D eigenvalue weighted by molar-refractivity contribution is 0.144. The van der Waals surface area contributed by atoms with E-state index in [-0.39, 0.29) is 0 Å². The van der Waals surface area contributed by atoms with E-state index in [9.17, 15) is 8.42 Å². The molecule has 176 valence electrons. The number of rotatable bonds is 7. The number of para-hydroxylation sites is 1. The maximum absolute atomic E-state index is 13.1. The standard InChI is InChI=1S/C24H31N5O2S2/c1-4-19(2)21-9-11-22(12-10-21)33(30,31)27-15-13-26(14-16-27)18-29-24(32)28(17-25-29)23-8-6-5-7-20(23)3/h5-12,17,19H,4,13-16,18H2,1-3H3/t19-/m1/s1. The summed E-state index contributed by atoms with van der Waals surface area (Å²) in [7, 11) is -3.49. The van der Waals surface area contributed by atoms with Crippen molar-refractivity contribution < 1.29 is 8.42 Å². The molecule has 0 saturated carbocycles. The zero-order chi connectivity index (χ0) is 23.6. The van der Waals surface area contributed by atoms with Gasteiger partial charge in [0.25, 0.3) is 0 Å². The molecule has 1 aliphatic rings. The number of sulfonamides is 1. The van der Waals surface area contributed by atoms with E-state index in [0.717, 1.165) is 17.7 Å². The van der Waals surface area contributed by atoms with E-state index in [1.165, 1.54) is 5.56 Å². The van der Waals surface area contributed by atoms with Crippen molar-refractivity contribution >= 4 is 22.2 Å². The molecule has 0 amide bonds. The average molecular weight is 486 g/mol. The summed E-state index contributed by atoms with van der Waals surface area (Å²) >= 11 is 5.65. The van der Waals surface area contributed by atoms with Crippen LogP contribution in [0.3, 0.4) is 0 Å². The van der Waals surface area contributed by atoms with Gasteiger partial charge < -0.3 is 0 Å². The smallest absolute Gasteiger partial charge is 0.243 e. The van der Waals surface area contributed by atoms with E-state index in [2.05, 4.69) is 23.8 Å². The molecule has 2 heterocycles. The molecule has 0 N–H and O–H groups in total. The zero-order valence-corrected chi connectivity index (χ0v) is 21.0. The molecule has 2 aromatic carbocycles. The molecule has 9 heteroatoms. The molecule has 1 atom stereocenters. The van der Waals surface area contributed by atoms with Crippen molar-refractivity contribution in [3.63, 3.8) is 0 Å². The maximum atomic E-state index is 13.1. The Morgan fingerprint density at radius 1 is 1.03 bits per heavy atom. The van der Waals surface area contributed by atoms with Crippen LogP contribution in [0.5, 0.6) is 0 Å². The molecule has 1 fully saturated rings. The van der Waals surface area contributed by atoms with E-state index >= 15 is 0 Å². The number of hydrogen-bond donors (Lipinski definition) is 0. The minimum atomic E-state index is -3.49. The summed E-state index contributed by atoms with van der Waals surface area (Å²) in [5.74, 6) is 0.423. The monoisotopic (exact) mass is 485 g/mol. The van der Waals surface area contributed by atoms with Crippen LogP contribution in [0.2, 0.25) is 0 Å². The van der Waals surface area contributed by atoms with E-state index in [4.69, 9.17) is 12.2 Å². The minimum Gasteiger partial charge on any atom is -0.282 e. The van der Waals surface area contributed by atoms with Gasteiger partial charge >= 0.3 is 0 Å². The Kier molecular flexibility index (Phi) is 7.13. The van der Waals surface area contributed by atoms with Crippen LogP contribution in [-0.2, 0) is 16.7 Å². The van der Waals surface area contributed by atoms with Gasteiger partial charge in [0.05, 0.1) is 17.3 Å². The van der Waals surface area contributed by atoms with Crippen LogP contribution in [-0.4, -0.2) is 58.1 Å². The predicted octanol–water partition coefficient (Wildman–Crippen LogP) is 4.19. The Labute approximate surface area is 201 Å². The van der Waals surface area contributed by atoms with Crippen LogP contribution in [0.1, 0.15) is 37.3 Å². The second-order valence-electron chi connectivity index (χ2n) is 8.61. The van der Waals surface area contributed by atoms with Gasteiger partial charge in [-0.05, 0) is 60.8 Å². The van der Waals surface area contributed by atoms with Crippen LogP contribution in [0, 0.1) is 11.7 Å². The summed E-state index contributed by atoms with van der Waals surface area (Å²) in [6, 6.07) is 15.4. The lowest BCUT2D eigenvalue weighted by atomic mass is 9.99. The van der Waals surface area contributed by atoms with Crippen LogP contribution in [0.4, 0.5) is 0 Å². The highest BCUT2D eigenvalue weighted by molar-refractivity contribution is 7.89. The summed E-state index contributed by atoms with van der Waals surface area (Å²) in [5, 5.41) is 4.47.